The Balaban J connectivity index is 1.52. The fraction of sp³-hybridized carbons (Fsp3) is 0.609. The normalized spacial score (nSPS) is 15.2. The van der Waals surface area contributed by atoms with Crippen LogP contribution in [0.5, 0.6) is 0 Å². The Hall–Kier alpha value is -1.36. The van der Waals surface area contributed by atoms with E-state index < -0.39 is 0 Å². The van der Waals surface area contributed by atoms with Crippen molar-refractivity contribution in [1.82, 2.24) is 9.80 Å². The van der Waals surface area contributed by atoms with Gasteiger partial charge in [0.25, 0.3) is 0 Å². The van der Waals surface area contributed by atoms with Gasteiger partial charge in [-0.15, -0.1) is 6.58 Å². The summed E-state index contributed by atoms with van der Waals surface area (Å²) in [6.45, 7) is 9.22. The van der Waals surface area contributed by atoms with Gasteiger partial charge < -0.3 is 14.5 Å². The second kappa shape index (κ2) is 13.0. The van der Waals surface area contributed by atoms with Crippen molar-refractivity contribution in [3.8, 4) is 0 Å². The van der Waals surface area contributed by atoms with Crippen LogP contribution in [0.25, 0.3) is 0 Å². The molecule has 4 nitrogen and oxygen atoms in total. The van der Waals surface area contributed by atoms with Crippen LogP contribution in [0.4, 0.5) is 0 Å². The summed E-state index contributed by atoms with van der Waals surface area (Å²) < 4.78 is 5.81. The first-order chi connectivity index (χ1) is 13.6. The number of amides is 1. The molecule has 1 saturated heterocycles. The van der Waals surface area contributed by atoms with Crippen LogP contribution >= 0.6 is 11.6 Å². The highest BCUT2D eigenvalue weighted by atomic mass is 35.5. The first-order valence-corrected chi connectivity index (χ1v) is 10.9. The van der Waals surface area contributed by atoms with E-state index in [4.69, 9.17) is 16.3 Å². The number of benzene rings is 1. The molecular weight excluding hydrogens is 372 g/mol. The molecule has 1 aliphatic rings. The van der Waals surface area contributed by atoms with Crippen LogP contribution in [0.15, 0.2) is 36.9 Å². The molecule has 1 amide bonds. The molecule has 1 fully saturated rings. The molecular formula is C23H35ClN2O2. The molecule has 1 heterocycles. The van der Waals surface area contributed by atoms with E-state index in [2.05, 4.69) is 18.5 Å². The van der Waals surface area contributed by atoms with Gasteiger partial charge in [0.1, 0.15) is 0 Å². The fourth-order valence-corrected chi connectivity index (χ4v) is 3.74. The van der Waals surface area contributed by atoms with Crippen LogP contribution in [0, 0.1) is 5.92 Å². The van der Waals surface area contributed by atoms with Gasteiger partial charge in [-0.3, -0.25) is 4.79 Å². The van der Waals surface area contributed by atoms with Crippen LogP contribution in [0.1, 0.15) is 37.7 Å². The van der Waals surface area contributed by atoms with E-state index in [1.165, 1.54) is 6.42 Å². The number of carbonyl (C=O) groups is 1. The van der Waals surface area contributed by atoms with E-state index in [9.17, 15) is 4.79 Å². The molecule has 0 bridgehead atoms. The van der Waals surface area contributed by atoms with E-state index >= 15 is 0 Å². The SMILES string of the molecule is C=CCN(C)CCCCOCCC1CCN(C(=O)Cc2ccc(Cl)cc2)CC1. The van der Waals surface area contributed by atoms with Gasteiger partial charge in [-0.05, 0) is 69.3 Å². The zero-order valence-electron chi connectivity index (χ0n) is 17.2. The highest BCUT2D eigenvalue weighted by Gasteiger charge is 2.22. The van der Waals surface area contributed by atoms with Crippen molar-refractivity contribution < 1.29 is 9.53 Å². The second-order valence-corrected chi connectivity index (χ2v) is 8.22. The molecule has 1 aliphatic heterocycles. The molecule has 156 valence electrons. The molecule has 0 spiro atoms. The Labute approximate surface area is 175 Å². The maximum atomic E-state index is 12.5. The minimum atomic E-state index is 0.221. The van der Waals surface area contributed by atoms with Crippen molar-refractivity contribution in [1.29, 1.82) is 0 Å². The summed E-state index contributed by atoms with van der Waals surface area (Å²) in [7, 11) is 2.12. The van der Waals surface area contributed by atoms with E-state index in [0.29, 0.717) is 17.4 Å². The van der Waals surface area contributed by atoms with Crippen LogP contribution in [0.2, 0.25) is 5.02 Å². The number of hydrogen-bond donors (Lipinski definition) is 0. The number of carbonyl (C=O) groups excluding carboxylic acids is 1. The molecule has 1 aromatic rings. The summed E-state index contributed by atoms with van der Waals surface area (Å²) in [6, 6.07) is 7.55. The third-order valence-electron chi connectivity index (χ3n) is 5.43. The Morgan fingerprint density at radius 2 is 1.96 bits per heavy atom. The maximum Gasteiger partial charge on any atom is 0.226 e. The Bertz CT molecular complexity index is 583. The van der Waals surface area contributed by atoms with Gasteiger partial charge >= 0.3 is 0 Å². The van der Waals surface area contributed by atoms with Crippen molar-refractivity contribution in [2.24, 2.45) is 5.92 Å². The van der Waals surface area contributed by atoms with Gasteiger partial charge in [-0.2, -0.15) is 0 Å². The van der Waals surface area contributed by atoms with Crippen molar-refractivity contribution in [2.75, 3.05) is 46.4 Å². The first-order valence-electron chi connectivity index (χ1n) is 10.5. The number of hydrogen-bond acceptors (Lipinski definition) is 3. The zero-order valence-corrected chi connectivity index (χ0v) is 18.0. The van der Waals surface area contributed by atoms with Gasteiger partial charge in [0, 0.05) is 37.9 Å². The van der Waals surface area contributed by atoms with E-state index in [1.807, 2.05) is 35.2 Å². The molecule has 0 saturated carbocycles. The van der Waals surface area contributed by atoms with Gasteiger partial charge in [0.05, 0.1) is 6.42 Å². The van der Waals surface area contributed by atoms with Gasteiger partial charge in [0.15, 0.2) is 0 Å². The van der Waals surface area contributed by atoms with Crippen LogP contribution in [-0.2, 0) is 16.0 Å². The summed E-state index contributed by atoms with van der Waals surface area (Å²) in [6.07, 6.45) is 7.96. The van der Waals surface area contributed by atoms with Gasteiger partial charge in [-0.1, -0.05) is 29.8 Å². The lowest BCUT2D eigenvalue weighted by molar-refractivity contribution is -0.131. The topological polar surface area (TPSA) is 32.8 Å². The van der Waals surface area contributed by atoms with Gasteiger partial charge in [-0.25, -0.2) is 0 Å². The lowest BCUT2D eigenvalue weighted by atomic mass is 9.93. The second-order valence-electron chi connectivity index (χ2n) is 7.79. The third kappa shape index (κ3) is 8.76. The third-order valence-corrected chi connectivity index (χ3v) is 5.68. The monoisotopic (exact) mass is 406 g/mol. The molecule has 2 rings (SSSR count). The van der Waals surface area contributed by atoms with E-state index in [1.54, 1.807) is 0 Å². The summed E-state index contributed by atoms with van der Waals surface area (Å²) in [5, 5.41) is 0.708. The summed E-state index contributed by atoms with van der Waals surface area (Å²) in [5.41, 5.74) is 1.03. The highest BCUT2D eigenvalue weighted by molar-refractivity contribution is 6.30. The van der Waals surface area contributed by atoms with Crippen LogP contribution in [0.3, 0.4) is 0 Å². The van der Waals surface area contributed by atoms with Crippen LogP contribution < -0.4 is 0 Å². The summed E-state index contributed by atoms with van der Waals surface area (Å²) >= 11 is 5.90. The summed E-state index contributed by atoms with van der Waals surface area (Å²) in [5.74, 6) is 0.900. The predicted octanol–water partition coefficient (Wildman–Crippen LogP) is 4.43. The largest absolute Gasteiger partial charge is 0.381 e. The van der Waals surface area contributed by atoms with Crippen molar-refractivity contribution >= 4 is 17.5 Å². The molecule has 5 heteroatoms. The molecule has 0 aliphatic carbocycles. The smallest absolute Gasteiger partial charge is 0.226 e. The number of rotatable bonds is 12. The maximum absolute atomic E-state index is 12.5. The highest BCUT2D eigenvalue weighted by Crippen LogP contribution is 2.21. The average molecular weight is 407 g/mol. The number of likely N-dealkylation sites (tertiary alicyclic amines) is 1. The zero-order chi connectivity index (χ0) is 20.2. The molecule has 0 radical (unpaired) electrons. The lowest BCUT2D eigenvalue weighted by Crippen LogP contribution is -2.39. The number of halogens is 1. The predicted molar refractivity (Wildman–Crippen MR) is 117 cm³/mol. The molecule has 0 unspecified atom stereocenters. The van der Waals surface area contributed by atoms with E-state index in [0.717, 1.165) is 70.6 Å². The van der Waals surface area contributed by atoms with Crippen LogP contribution in [-0.4, -0.2) is 62.1 Å². The molecule has 28 heavy (non-hydrogen) atoms. The van der Waals surface area contributed by atoms with Gasteiger partial charge in [0.2, 0.25) is 5.91 Å². The quantitative estimate of drug-likeness (QED) is 0.380. The lowest BCUT2D eigenvalue weighted by Gasteiger charge is -2.32. The molecule has 0 aromatic heterocycles. The van der Waals surface area contributed by atoms with Crippen molar-refractivity contribution in [3.63, 3.8) is 0 Å². The first kappa shape index (κ1) is 22.9. The molecule has 1 aromatic carbocycles. The Kier molecular flexibility index (Phi) is 10.6. The standard InChI is InChI=1S/C23H35ClN2O2/c1-3-13-25(2)14-4-5-17-28-18-12-20-10-15-26(16-11-20)23(27)19-21-6-8-22(24)9-7-21/h3,6-9,20H,1,4-5,10-19H2,2H3. The molecule has 0 N–H and O–H groups in total. The van der Waals surface area contributed by atoms with Crippen molar-refractivity contribution in [3.05, 3.63) is 47.5 Å². The molecule has 0 atom stereocenters. The van der Waals surface area contributed by atoms with E-state index in [-0.39, 0.29) is 5.91 Å². The summed E-state index contributed by atoms with van der Waals surface area (Å²) in [4.78, 5) is 16.7. The number of unbranched alkanes of at least 4 members (excludes halogenated alkanes) is 1. The Morgan fingerprint density at radius 3 is 2.64 bits per heavy atom. The number of nitrogens with zero attached hydrogens (tertiary/aromatic N) is 2. The fourth-order valence-electron chi connectivity index (χ4n) is 3.61. The average Bonchev–Trinajstić information content (AvgIpc) is 2.69. The minimum Gasteiger partial charge on any atom is -0.381 e. The number of likely N-dealkylation sites (N-methyl/N-ethyl adjacent to an activating group) is 1. The van der Waals surface area contributed by atoms with Crippen molar-refractivity contribution in [2.45, 2.75) is 38.5 Å². The number of ether oxygens (including phenoxy) is 1. The number of piperidine rings is 1. The minimum absolute atomic E-state index is 0.221. The Morgan fingerprint density at radius 1 is 1.25 bits per heavy atom.